The Kier molecular flexibility index (Phi) is 13.5. The summed E-state index contributed by atoms with van der Waals surface area (Å²) in [6.07, 6.45) is 8.19. The molecule has 1 amide bonds. The van der Waals surface area contributed by atoms with Crippen molar-refractivity contribution in [2.45, 2.75) is 98.3 Å². The minimum atomic E-state index is -0.309. The fourth-order valence-electron chi connectivity index (χ4n) is 4.81. The number of nitrogens with one attached hydrogen (secondary N) is 2. The third kappa shape index (κ3) is 9.16. The molecule has 3 aliphatic rings. The van der Waals surface area contributed by atoms with Crippen LogP contribution in [-0.4, -0.2) is 55.4 Å². The van der Waals surface area contributed by atoms with Crippen LogP contribution < -0.4 is 15.5 Å². The second-order valence-electron chi connectivity index (χ2n) is 9.71. The van der Waals surface area contributed by atoms with Crippen LogP contribution in [0, 0.1) is 18.7 Å². The predicted octanol–water partition coefficient (Wildman–Crippen LogP) is 5.55. The molecule has 7 heteroatoms. The summed E-state index contributed by atoms with van der Waals surface area (Å²) in [6.45, 7) is 14.9. The van der Waals surface area contributed by atoms with Gasteiger partial charge in [0, 0.05) is 31.7 Å². The van der Waals surface area contributed by atoms with E-state index in [2.05, 4.69) is 42.6 Å². The van der Waals surface area contributed by atoms with Gasteiger partial charge in [0.1, 0.15) is 24.3 Å². The lowest BCUT2D eigenvalue weighted by Gasteiger charge is -2.33. The van der Waals surface area contributed by atoms with E-state index >= 15 is 0 Å². The highest BCUT2D eigenvalue weighted by atomic mass is 19.1. The lowest BCUT2D eigenvalue weighted by Crippen LogP contribution is -2.51. The Labute approximate surface area is 218 Å². The molecular formula is C29H48FN3O3. The van der Waals surface area contributed by atoms with Crippen molar-refractivity contribution in [1.82, 2.24) is 15.8 Å². The Morgan fingerprint density at radius 3 is 2.50 bits per heavy atom. The van der Waals surface area contributed by atoms with Crippen molar-refractivity contribution in [2.24, 2.45) is 5.92 Å². The fourth-order valence-corrected chi connectivity index (χ4v) is 4.81. The molecule has 3 unspecified atom stereocenters. The largest absolute Gasteiger partial charge is 0.492 e. The summed E-state index contributed by atoms with van der Waals surface area (Å²) >= 11 is 0. The second-order valence-corrected chi connectivity index (χ2v) is 9.71. The van der Waals surface area contributed by atoms with Crippen LogP contribution in [0.3, 0.4) is 0 Å². The number of halogens is 1. The van der Waals surface area contributed by atoms with Gasteiger partial charge in [-0.15, -0.1) is 0 Å². The van der Waals surface area contributed by atoms with Gasteiger partial charge in [-0.25, -0.2) is 9.40 Å². The highest BCUT2D eigenvalue weighted by Crippen LogP contribution is 2.37. The van der Waals surface area contributed by atoms with Crippen LogP contribution in [0.2, 0.25) is 0 Å². The maximum absolute atomic E-state index is 13.6. The summed E-state index contributed by atoms with van der Waals surface area (Å²) in [6, 6.07) is 5.12. The Morgan fingerprint density at radius 1 is 1.17 bits per heavy atom. The highest BCUT2D eigenvalue weighted by Gasteiger charge is 2.41. The first-order valence-corrected chi connectivity index (χ1v) is 13.9. The number of allylic oxidation sites excluding steroid dienone is 1. The van der Waals surface area contributed by atoms with E-state index in [9.17, 15) is 9.18 Å². The number of carbonyl (C=O) groups excluding carboxylic acids is 1. The number of carbonyl (C=O) groups is 1. The van der Waals surface area contributed by atoms with E-state index in [-0.39, 0.29) is 30.0 Å². The molecule has 204 valence electrons. The monoisotopic (exact) mass is 505 g/mol. The predicted molar refractivity (Wildman–Crippen MR) is 144 cm³/mol. The van der Waals surface area contributed by atoms with Crippen molar-refractivity contribution >= 4 is 5.91 Å². The number of ether oxygens (including phenoxy) is 2. The number of benzene rings is 1. The van der Waals surface area contributed by atoms with Gasteiger partial charge >= 0.3 is 0 Å². The molecule has 0 spiro atoms. The van der Waals surface area contributed by atoms with Gasteiger partial charge in [0.25, 0.3) is 0 Å². The Balaban J connectivity index is 0.000000850. The van der Waals surface area contributed by atoms with E-state index < -0.39 is 0 Å². The molecule has 4 rings (SSSR count). The summed E-state index contributed by atoms with van der Waals surface area (Å²) in [5.74, 6) is 0.840. The van der Waals surface area contributed by atoms with Crippen molar-refractivity contribution in [2.75, 3.05) is 26.2 Å². The molecule has 36 heavy (non-hydrogen) atoms. The number of hydrazine groups is 1. The molecule has 2 N–H and O–H groups in total. The van der Waals surface area contributed by atoms with E-state index in [0.29, 0.717) is 30.4 Å². The van der Waals surface area contributed by atoms with Crippen molar-refractivity contribution < 1.29 is 18.7 Å². The summed E-state index contributed by atoms with van der Waals surface area (Å²) in [5, 5.41) is 5.37. The van der Waals surface area contributed by atoms with E-state index in [1.807, 2.05) is 13.8 Å². The molecule has 0 saturated carbocycles. The summed E-state index contributed by atoms with van der Waals surface area (Å²) in [4.78, 5) is 12.7. The van der Waals surface area contributed by atoms with Gasteiger partial charge in [-0.2, -0.15) is 0 Å². The Hall–Kier alpha value is -1.96. The van der Waals surface area contributed by atoms with Crippen LogP contribution in [0.1, 0.15) is 78.7 Å². The van der Waals surface area contributed by atoms with Gasteiger partial charge in [-0.3, -0.25) is 10.2 Å². The van der Waals surface area contributed by atoms with Crippen molar-refractivity contribution in [1.29, 1.82) is 0 Å². The van der Waals surface area contributed by atoms with Gasteiger partial charge in [0.15, 0.2) is 0 Å². The summed E-state index contributed by atoms with van der Waals surface area (Å²) < 4.78 is 25.2. The highest BCUT2D eigenvalue weighted by molar-refractivity contribution is 5.81. The van der Waals surface area contributed by atoms with Gasteiger partial charge in [0.05, 0.1) is 6.10 Å². The number of aryl methyl sites for hydroxylation is 1. The number of piperidine rings is 1. The van der Waals surface area contributed by atoms with Crippen LogP contribution in [0.25, 0.3) is 0 Å². The van der Waals surface area contributed by atoms with Gasteiger partial charge in [-0.1, -0.05) is 46.3 Å². The van der Waals surface area contributed by atoms with Crippen LogP contribution >= 0.6 is 0 Å². The average molecular weight is 506 g/mol. The number of fused-ring (bicyclic) bond motifs is 1. The normalized spacial score (nSPS) is 23.9. The van der Waals surface area contributed by atoms with Gasteiger partial charge in [-0.05, 0) is 69.1 Å². The summed E-state index contributed by atoms with van der Waals surface area (Å²) in [7, 11) is 0. The Morgan fingerprint density at radius 2 is 1.86 bits per heavy atom. The molecule has 1 aromatic rings. The first-order valence-electron chi connectivity index (χ1n) is 13.9. The molecule has 0 bridgehead atoms. The Bertz CT molecular complexity index is 824. The number of hydrogen-bond donors (Lipinski definition) is 2. The van der Waals surface area contributed by atoms with Crippen LogP contribution in [0.15, 0.2) is 29.8 Å². The first-order chi connectivity index (χ1) is 17.4. The third-order valence-corrected chi connectivity index (χ3v) is 6.69. The minimum Gasteiger partial charge on any atom is -0.492 e. The average Bonchev–Trinajstić information content (AvgIpc) is 3.33. The van der Waals surface area contributed by atoms with E-state index in [0.717, 1.165) is 45.2 Å². The van der Waals surface area contributed by atoms with E-state index in [4.69, 9.17) is 9.47 Å². The standard InChI is InChI=1S/C24H34FN3O3.C3H8.C2H6/c1-16-6-7-20(15-21(16)25)30-13-10-26-28-11-8-19(9-12-28)27-24(29)22-14-18-5-3-4-17(2)23(18)31-22;1-3-2;1-2/h4,6-7,15,18-19,22-23,26H,3,5,8-14H2,1-2H3,(H,27,29);3H2,1-2H3;1-2H3. The number of hydrogen-bond acceptors (Lipinski definition) is 5. The molecular weight excluding hydrogens is 457 g/mol. The van der Waals surface area contributed by atoms with Crippen LogP contribution in [0.4, 0.5) is 4.39 Å². The zero-order chi connectivity index (χ0) is 26.5. The second kappa shape index (κ2) is 16.0. The number of nitrogens with zero attached hydrogens (tertiary/aromatic N) is 1. The maximum Gasteiger partial charge on any atom is 0.249 e. The van der Waals surface area contributed by atoms with E-state index in [1.165, 1.54) is 18.1 Å². The molecule has 2 aliphatic heterocycles. The quantitative estimate of drug-likeness (QED) is 0.376. The first kappa shape index (κ1) is 30.3. The third-order valence-electron chi connectivity index (χ3n) is 6.69. The van der Waals surface area contributed by atoms with Crippen molar-refractivity contribution in [3.63, 3.8) is 0 Å². The SMILES string of the molecule is CC.CC1=CCCC2CC(C(=O)NC3CCN(NCCOc4ccc(C)c(F)c4)CC3)OC12.CCC. The number of rotatable bonds is 7. The van der Waals surface area contributed by atoms with Crippen LogP contribution in [-0.2, 0) is 9.53 Å². The zero-order valence-corrected chi connectivity index (χ0v) is 23.2. The lowest BCUT2D eigenvalue weighted by molar-refractivity contribution is -0.132. The minimum absolute atomic E-state index is 0.0485. The zero-order valence-electron chi connectivity index (χ0n) is 23.2. The maximum atomic E-state index is 13.6. The smallest absolute Gasteiger partial charge is 0.249 e. The van der Waals surface area contributed by atoms with Crippen LogP contribution in [0.5, 0.6) is 5.75 Å². The van der Waals surface area contributed by atoms with Gasteiger partial charge < -0.3 is 14.8 Å². The molecule has 6 nitrogen and oxygen atoms in total. The molecule has 0 radical (unpaired) electrons. The molecule has 2 fully saturated rings. The van der Waals surface area contributed by atoms with Gasteiger partial charge in [0.2, 0.25) is 5.91 Å². The molecule has 1 aromatic carbocycles. The molecule has 2 heterocycles. The molecule has 2 saturated heterocycles. The van der Waals surface area contributed by atoms with Crippen molar-refractivity contribution in [3.8, 4) is 5.75 Å². The molecule has 1 aliphatic carbocycles. The topological polar surface area (TPSA) is 62.8 Å². The molecule has 0 aromatic heterocycles. The summed E-state index contributed by atoms with van der Waals surface area (Å²) in [5.41, 5.74) is 5.25. The number of amides is 1. The molecule has 3 atom stereocenters. The van der Waals surface area contributed by atoms with Crippen molar-refractivity contribution in [3.05, 3.63) is 41.2 Å². The van der Waals surface area contributed by atoms with E-state index in [1.54, 1.807) is 19.1 Å². The fraction of sp³-hybridized carbons (Fsp3) is 0.690. The lowest BCUT2D eigenvalue weighted by atomic mass is 9.85.